The van der Waals surface area contributed by atoms with Crippen LogP contribution in [0.15, 0.2) is 97.2 Å². The Bertz CT molecular complexity index is 1580. The first-order valence-corrected chi connectivity index (χ1v) is 34.7. The van der Waals surface area contributed by atoms with Crippen molar-refractivity contribution >= 4 is 17.9 Å². The summed E-state index contributed by atoms with van der Waals surface area (Å²) in [7, 11) is 0. The Balaban J connectivity index is 4.35. The Morgan fingerprint density at radius 1 is 0.259 bits per heavy atom. The summed E-state index contributed by atoms with van der Waals surface area (Å²) in [6.45, 7) is 6.50. The maximum absolute atomic E-state index is 12.9. The molecule has 0 amide bonds. The van der Waals surface area contributed by atoms with Gasteiger partial charge >= 0.3 is 17.9 Å². The van der Waals surface area contributed by atoms with E-state index >= 15 is 0 Å². The van der Waals surface area contributed by atoms with E-state index in [0.717, 1.165) is 116 Å². The first kappa shape index (κ1) is 77.3. The van der Waals surface area contributed by atoms with Crippen molar-refractivity contribution in [3.05, 3.63) is 97.2 Å². The minimum atomic E-state index is -0.808. The molecular weight excluding hydrogens is 997 g/mol. The van der Waals surface area contributed by atoms with Crippen molar-refractivity contribution in [1.82, 2.24) is 0 Å². The first-order chi connectivity index (χ1) is 40.0. The van der Waals surface area contributed by atoms with E-state index in [4.69, 9.17) is 14.2 Å². The molecule has 6 nitrogen and oxygen atoms in total. The van der Waals surface area contributed by atoms with Crippen LogP contribution >= 0.6 is 0 Å². The van der Waals surface area contributed by atoms with Gasteiger partial charge in [-0.25, -0.2) is 0 Å². The van der Waals surface area contributed by atoms with Gasteiger partial charge in [0.1, 0.15) is 13.2 Å². The first-order valence-electron chi connectivity index (χ1n) is 34.7. The van der Waals surface area contributed by atoms with Gasteiger partial charge in [0.05, 0.1) is 0 Å². The molecule has 0 aliphatic rings. The molecule has 6 heteroatoms. The number of esters is 3. The van der Waals surface area contributed by atoms with Crippen LogP contribution in [0.25, 0.3) is 0 Å². The van der Waals surface area contributed by atoms with Crippen LogP contribution in [0, 0.1) is 0 Å². The van der Waals surface area contributed by atoms with E-state index in [0.29, 0.717) is 19.3 Å². The summed E-state index contributed by atoms with van der Waals surface area (Å²) in [4.78, 5) is 38.4. The van der Waals surface area contributed by atoms with E-state index in [9.17, 15) is 14.4 Å². The van der Waals surface area contributed by atoms with Gasteiger partial charge in [-0.1, -0.05) is 317 Å². The molecule has 0 rings (SSSR count). The molecule has 0 bridgehead atoms. The fourth-order valence-electron chi connectivity index (χ4n) is 9.89. The van der Waals surface area contributed by atoms with Crippen molar-refractivity contribution in [2.45, 2.75) is 348 Å². The highest BCUT2D eigenvalue weighted by molar-refractivity contribution is 5.71. The Morgan fingerprint density at radius 2 is 0.481 bits per heavy atom. The second-order valence-corrected chi connectivity index (χ2v) is 23.1. The third-order valence-corrected chi connectivity index (χ3v) is 15.1. The van der Waals surface area contributed by atoms with Crippen LogP contribution in [0.1, 0.15) is 342 Å². The number of hydrogen-bond donors (Lipinski definition) is 0. The topological polar surface area (TPSA) is 78.9 Å². The lowest BCUT2D eigenvalue weighted by Crippen LogP contribution is -2.30. The van der Waals surface area contributed by atoms with Crippen LogP contribution in [0.4, 0.5) is 0 Å². The lowest BCUT2D eigenvalue weighted by molar-refractivity contribution is -0.167. The number of carbonyl (C=O) groups is 3. The van der Waals surface area contributed by atoms with Crippen LogP contribution in [-0.2, 0) is 28.6 Å². The molecule has 0 N–H and O–H groups in total. The molecule has 0 saturated heterocycles. The largest absolute Gasteiger partial charge is 0.462 e. The number of rotatable bonds is 63. The maximum atomic E-state index is 12.9. The van der Waals surface area contributed by atoms with E-state index in [2.05, 4.69) is 118 Å². The zero-order chi connectivity index (χ0) is 58.5. The number of hydrogen-bond acceptors (Lipinski definition) is 6. The normalized spacial score (nSPS) is 12.7. The van der Waals surface area contributed by atoms with Crippen molar-refractivity contribution in [3.63, 3.8) is 0 Å². The predicted octanol–water partition coefficient (Wildman–Crippen LogP) is 24.0. The predicted molar refractivity (Wildman–Crippen MR) is 353 cm³/mol. The van der Waals surface area contributed by atoms with Gasteiger partial charge in [-0.2, -0.15) is 0 Å². The fourth-order valence-corrected chi connectivity index (χ4v) is 9.89. The molecule has 0 aromatic carbocycles. The molecule has 0 aromatic heterocycles. The molecule has 1 unspecified atom stereocenters. The molecule has 466 valence electrons. The van der Waals surface area contributed by atoms with E-state index < -0.39 is 6.10 Å². The van der Waals surface area contributed by atoms with Crippen LogP contribution in [0.2, 0.25) is 0 Å². The molecule has 0 aliphatic carbocycles. The van der Waals surface area contributed by atoms with Crippen LogP contribution in [0.5, 0.6) is 0 Å². The third kappa shape index (κ3) is 67.0. The highest BCUT2D eigenvalue weighted by atomic mass is 16.6. The summed E-state index contributed by atoms with van der Waals surface area (Å²) in [6.07, 6.45) is 93.0. The van der Waals surface area contributed by atoms with Gasteiger partial charge in [0.15, 0.2) is 6.10 Å². The van der Waals surface area contributed by atoms with Crippen molar-refractivity contribution in [2.24, 2.45) is 0 Å². The van der Waals surface area contributed by atoms with Gasteiger partial charge in [-0.3, -0.25) is 14.4 Å². The van der Waals surface area contributed by atoms with Crippen LogP contribution in [0.3, 0.4) is 0 Å². The molecule has 0 fully saturated rings. The number of unbranched alkanes of at least 4 members (excludes halogenated alkanes) is 36. The lowest BCUT2D eigenvalue weighted by atomic mass is 10.0. The molecule has 0 radical (unpaired) electrons. The zero-order valence-corrected chi connectivity index (χ0v) is 53.5. The summed E-state index contributed by atoms with van der Waals surface area (Å²) < 4.78 is 16.9. The van der Waals surface area contributed by atoms with Gasteiger partial charge in [0.2, 0.25) is 0 Å². The van der Waals surface area contributed by atoms with Gasteiger partial charge in [0, 0.05) is 19.3 Å². The Hall–Kier alpha value is -3.67. The molecular formula is C75H130O6. The highest BCUT2D eigenvalue weighted by Gasteiger charge is 2.19. The SMILES string of the molecule is CC/C=C\C/C=C\C/C=C\C/C=C\C/C=C\C/C=C\CCCCC(=O)OC(COC(=O)CCCCCCC/C=C\C/C=C\CCCCC)COC(=O)CCCCCCCCCCCCCCCCCCCCCCCCCCCCC. The van der Waals surface area contributed by atoms with E-state index in [1.54, 1.807) is 0 Å². The molecule has 81 heavy (non-hydrogen) atoms. The molecule has 0 saturated carbocycles. The Labute approximate surface area is 502 Å². The average Bonchev–Trinajstić information content (AvgIpc) is 3.47. The van der Waals surface area contributed by atoms with Crippen LogP contribution in [-0.4, -0.2) is 37.2 Å². The molecule has 1 atom stereocenters. The number of carbonyl (C=O) groups excluding carboxylic acids is 3. The Morgan fingerprint density at radius 3 is 0.802 bits per heavy atom. The number of allylic oxidation sites excluding steroid dienone is 16. The minimum absolute atomic E-state index is 0.0976. The summed E-state index contributed by atoms with van der Waals surface area (Å²) in [5, 5.41) is 0. The van der Waals surface area contributed by atoms with Crippen molar-refractivity contribution in [3.8, 4) is 0 Å². The second-order valence-electron chi connectivity index (χ2n) is 23.1. The van der Waals surface area contributed by atoms with E-state index in [1.807, 2.05) is 0 Å². The molecule has 0 heterocycles. The molecule has 0 spiro atoms. The van der Waals surface area contributed by atoms with E-state index in [-0.39, 0.29) is 37.5 Å². The highest BCUT2D eigenvalue weighted by Crippen LogP contribution is 2.18. The lowest BCUT2D eigenvalue weighted by Gasteiger charge is -2.18. The minimum Gasteiger partial charge on any atom is -0.462 e. The van der Waals surface area contributed by atoms with Crippen molar-refractivity contribution in [2.75, 3.05) is 13.2 Å². The Kier molecular flexibility index (Phi) is 65.7. The zero-order valence-electron chi connectivity index (χ0n) is 53.5. The van der Waals surface area contributed by atoms with Crippen molar-refractivity contribution < 1.29 is 28.6 Å². The van der Waals surface area contributed by atoms with Gasteiger partial charge in [-0.05, 0) is 103 Å². The summed E-state index contributed by atoms with van der Waals surface area (Å²) >= 11 is 0. The smallest absolute Gasteiger partial charge is 0.306 e. The quantitative estimate of drug-likeness (QED) is 0.0261. The van der Waals surface area contributed by atoms with Gasteiger partial charge in [-0.15, -0.1) is 0 Å². The molecule has 0 aliphatic heterocycles. The van der Waals surface area contributed by atoms with Gasteiger partial charge in [0.25, 0.3) is 0 Å². The average molecular weight is 1130 g/mol. The van der Waals surface area contributed by atoms with Crippen LogP contribution < -0.4 is 0 Å². The van der Waals surface area contributed by atoms with Gasteiger partial charge < -0.3 is 14.2 Å². The maximum Gasteiger partial charge on any atom is 0.306 e. The monoisotopic (exact) mass is 1130 g/mol. The third-order valence-electron chi connectivity index (χ3n) is 15.1. The molecule has 0 aromatic rings. The number of ether oxygens (including phenoxy) is 3. The van der Waals surface area contributed by atoms with E-state index in [1.165, 1.54) is 180 Å². The summed E-state index contributed by atoms with van der Waals surface area (Å²) in [6, 6.07) is 0. The fraction of sp³-hybridized carbons (Fsp3) is 0.747. The standard InChI is InChI=1S/C75H130O6/c1-4-7-10-13-16-19-22-25-28-30-32-34-35-36-37-38-39-41-42-44-47-50-53-56-59-62-65-68-74(77)80-71-72(70-79-73(76)67-64-61-58-55-52-49-46-27-24-21-18-15-12-9-6-3)81-75(78)69-66-63-60-57-54-51-48-45-43-40-33-31-29-26-23-20-17-14-11-8-5-2/h8,11,17-18,20-21,26-27,29,33,40,45-46,48,54,57,72H,4-7,9-10,12-16,19,22-25,28,30-32,34-39,41-44,47,49-53,55-56,58-71H2,1-3H3/b11-8-,20-17-,21-18-,29-26-,40-33-,46-27-,48-45-,57-54-. The summed E-state index contributed by atoms with van der Waals surface area (Å²) in [5.74, 6) is -0.942. The summed E-state index contributed by atoms with van der Waals surface area (Å²) in [5.41, 5.74) is 0. The van der Waals surface area contributed by atoms with Crippen molar-refractivity contribution in [1.29, 1.82) is 0 Å². The second kappa shape index (κ2) is 68.8.